The largest absolute Gasteiger partial charge is 0.466 e. The fourth-order valence-corrected chi connectivity index (χ4v) is 11.6. The van der Waals surface area contributed by atoms with E-state index < -0.39 is 12.1 Å². The van der Waals surface area contributed by atoms with Crippen LogP contribution in [-0.2, 0) is 14.3 Å². The summed E-state index contributed by atoms with van der Waals surface area (Å²) in [6, 6.07) is -0.628. The number of nitrogens with one attached hydrogen (secondary N) is 1. The first-order valence-electron chi connectivity index (χ1n) is 36.0. The molecule has 78 heavy (non-hydrogen) atoms. The lowest BCUT2D eigenvalue weighted by molar-refractivity contribution is -0.143. The number of hydrogen-bond donors (Lipinski definition) is 3. The van der Waals surface area contributed by atoms with E-state index in [1.165, 1.54) is 347 Å². The number of carbonyl (C=O) groups is 2. The monoisotopic (exact) mass is 1100 g/mol. The van der Waals surface area contributed by atoms with Crippen LogP contribution in [0.25, 0.3) is 0 Å². The topological polar surface area (TPSA) is 95.9 Å². The molecule has 1 amide bonds. The van der Waals surface area contributed by atoms with Crippen molar-refractivity contribution in [2.75, 3.05) is 13.2 Å². The van der Waals surface area contributed by atoms with E-state index in [-0.39, 0.29) is 18.5 Å². The van der Waals surface area contributed by atoms with Gasteiger partial charge in [-0.25, -0.2) is 0 Å². The predicted octanol–water partition coefficient (Wildman–Crippen LogP) is 23.1. The van der Waals surface area contributed by atoms with E-state index in [4.69, 9.17) is 4.74 Å². The Morgan fingerprint density at radius 3 is 0.872 bits per heavy atom. The molecule has 464 valence electrons. The van der Waals surface area contributed by atoms with Gasteiger partial charge < -0.3 is 20.3 Å². The Hall–Kier alpha value is -1.40. The summed E-state index contributed by atoms with van der Waals surface area (Å²) in [6.45, 7) is 4.96. The van der Waals surface area contributed by atoms with Crippen molar-refractivity contribution >= 4 is 11.9 Å². The average Bonchev–Trinajstić information content (AvgIpc) is 3.44. The first kappa shape index (κ1) is 76.6. The van der Waals surface area contributed by atoms with Crippen LogP contribution in [0, 0.1) is 0 Å². The van der Waals surface area contributed by atoms with Gasteiger partial charge in [0, 0.05) is 12.8 Å². The minimum absolute atomic E-state index is 0.0195. The molecule has 0 radical (unpaired) electrons. The average molecular weight is 1100 g/mol. The van der Waals surface area contributed by atoms with Crippen molar-refractivity contribution in [1.29, 1.82) is 0 Å². The lowest BCUT2D eigenvalue weighted by atomic mass is 10.0. The number of ether oxygens (including phenoxy) is 1. The molecular weight excluding hydrogens is 959 g/mol. The van der Waals surface area contributed by atoms with Gasteiger partial charge >= 0.3 is 5.97 Å². The number of amides is 1. The molecule has 2 atom stereocenters. The Balaban J connectivity index is 3.37. The second-order valence-electron chi connectivity index (χ2n) is 24.9. The third kappa shape index (κ3) is 63.8. The number of aliphatic hydroxyl groups is 2. The molecule has 6 nitrogen and oxygen atoms in total. The van der Waals surface area contributed by atoms with Crippen molar-refractivity contribution in [2.24, 2.45) is 0 Å². The van der Waals surface area contributed by atoms with Gasteiger partial charge in [0.1, 0.15) is 0 Å². The summed E-state index contributed by atoms with van der Waals surface area (Å²) in [5.74, 6) is -0.0434. The van der Waals surface area contributed by atoms with Crippen molar-refractivity contribution in [3.05, 3.63) is 12.2 Å². The molecule has 0 spiro atoms. The maximum atomic E-state index is 12.5. The summed E-state index contributed by atoms with van der Waals surface area (Å²) in [4.78, 5) is 24.6. The molecular formula is C72H141NO5. The zero-order valence-electron chi connectivity index (χ0n) is 53.2. The number of unbranched alkanes of at least 4 members (excludes halogenated alkanes) is 57. The molecule has 0 aliphatic carbocycles. The second kappa shape index (κ2) is 68.1. The third-order valence-electron chi connectivity index (χ3n) is 17.1. The lowest BCUT2D eigenvalue weighted by Crippen LogP contribution is -2.45. The van der Waals surface area contributed by atoms with Crippen LogP contribution in [0.3, 0.4) is 0 Å². The van der Waals surface area contributed by atoms with Crippen molar-refractivity contribution in [1.82, 2.24) is 5.32 Å². The van der Waals surface area contributed by atoms with Gasteiger partial charge in [-0.05, 0) is 32.1 Å². The molecule has 0 saturated carbocycles. The Kier molecular flexibility index (Phi) is 66.9. The first-order valence-corrected chi connectivity index (χ1v) is 36.0. The fourth-order valence-electron chi connectivity index (χ4n) is 11.6. The van der Waals surface area contributed by atoms with E-state index in [1.54, 1.807) is 6.08 Å². The maximum Gasteiger partial charge on any atom is 0.305 e. The Morgan fingerprint density at radius 2 is 0.590 bits per heavy atom. The van der Waals surface area contributed by atoms with E-state index in [2.05, 4.69) is 19.2 Å². The molecule has 6 heteroatoms. The SMILES string of the molecule is CCCCCCCCCCCCCCCCCCCC/C=C/C(O)C(CO)NC(=O)CCCCCCCCCCCCCCCCCCCCCCCCCOC(=O)CCCCCCCCCCCCCCCCCCCC. The number of hydrogen-bond acceptors (Lipinski definition) is 5. The Labute approximate surface area is 489 Å². The molecule has 3 N–H and O–H groups in total. The maximum absolute atomic E-state index is 12.5. The molecule has 0 rings (SSSR count). The summed E-state index contributed by atoms with van der Waals surface area (Å²) in [6.07, 6.45) is 84.3. The van der Waals surface area contributed by atoms with Crippen molar-refractivity contribution in [2.45, 2.75) is 424 Å². The fraction of sp³-hybridized carbons (Fsp3) is 0.944. The molecule has 0 aromatic carbocycles. The number of carbonyl (C=O) groups excluding carboxylic acids is 2. The summed E-state index contributed by atoms with van der Waals surface area (Å²) in [5.41, 5.74) is 0. The van der Waals surface area contributed by atoms with E-state index in [9.17, 15) is 19.8 Å². The van der Waals surface area contributed by atoms with Crippen LogP contribution >= 0.6 is 0 Å². The smallest absolute Gasteiger partial charge is 0.305 e. The van der Waals surface area contributed by atoms with Gasteiger partial charge in [0.05, 0.1) is 25.4 Å². The molecule has 2 unspecified atom stereocenters. The quantitative estimate of drug-likeness (QED) is 0.0320. The molecule has 0 saturated heterocycles. The molecule has 0 fully saturated rings. The number of aliphatic hydroxyl groups excluding tert-OH is 2. The summed E-state index contributed by atoms with van der Waals surface area (Å²) in [7, 11) is 0. The normalized spacial score (nSPS) is 12.5. The van der Waals surface area contributed by atoms with E-state index >= 15 is 0 Å². The van der Waals surface area contributed by atoms with Gasteiger partial charge in [-0.2, -0.15) is 0 Å². The summed E-state index contributed by atoms with van der Waals surface area (Å²) >= 11 is 0. The molecule has 0 aliphatic rings. The first-order chi connectivity index (χ1) is 38.5. The number of esters is 1. The van der Waals surface area contributed by atoms with Crippen LogP contribution in [0.5, 0.6) is 0 Å². The van der Waals surface area contributed by atoms with E-state index in [0.717, 1.165) is 38.5 Å². The standard InChI is InChI=1S/C72H141NO5/c1-3-5-7-9-11-13-15-17-19-21-23-29-32-36-40-44-48-52-56-60-64-70(75)69(68-74)73-71(76)65-61-57-53-49-45-41-37-33-30-27-25-24-26-28-31-35-39-43-47-51-55-59-63-67-78-72(77)66-62-58-54-50-46-42-38-34-22-20-18-16-14-12-10-8-6-4-2/h60,64,69-70,74-75H,3-59,61-63,65-68H2,1-2H3,(H,73,76)/b64-60+. The Bertz CT molecular complexity index is 1180. The van der Waals surface area contributed by atoms with E-state index in [0.29, 0.717) is 19.4 Å². The van der Waals surface area contributed by atoms with Crippen LogP contribution in [0.1, 0.15) is 412 Å². The predicted molar refractivity (Wildman–Crippen MR) is 343 cm³/mol. The van der Waals surface area contributed by atoms with Gasteiger partial charge in [-0.3, -0.25) is 9.59 Å². The molecule has 0 aromatic heterocycles. The zero-order chi connectivity index (χ0) is 56.4. The highest BCUT2D eigenvalue weighted by Gasteiger charge is 2.18. The van der Waals surface area contributed by atoms with Gasteiger partial charge in [0.2, 0.25) is 5.91 Å². The Morgan fingerprint density at radius 1 is 0.346 bits per heavy atom. The van der Waals surface area contributed by atoms with Crippen LogP contribution in [0.2, 0.25) is 0 Å². The molecule has 0 aromatic rings. The molecule has 0 bridgehead atoms. The highest BCUT2D eigenvalue weighted by atomic mass is 16.5. The van der Waals surface area contributed by atoms with Crippen LogP contribution < -0.4 is 5.32 Å². The van der Waals surface area contributed by atoms with Crippen LogP contribution in [0.4, 0.5) is 0 Å². The third-order valence-corrected chi connectivity index (χ3v) is 17.1. The van der Waals surface area contributed by atoms with Gasteiger partial charge in [-0.15, -0.1) is 0 Å². The minimum atomic E-state index is -0.844. The lowest BCUT2D eigenvalue weighted by Gasteiger charge is -2.20. The van der Waals surface area contributed by atoms with Crippen molar-refractivity contribution in [3.63, 3.8) is 0 Å². The summed E-state index contributed by atoms with van der Waals surface area (Å²) < 4.78 is 5.51. The van der Waals surface area contributed by atoms with Crippen LogP contribution in [-0.4, -0.2) is 47.4 Å². The highest BCUT2D eigenvalue weighted by Crippen LogP contribution is 2.19. The number of rotatable bonds is 68. The highest BCUT2D eigenvalue weighted by molar-refractivity contribution is 5.76. The van der Waals surface area contributed by atoms with Crippen molar-refractivity contribution in [3.8, 4) is 0 Å². The van der Waals surface area contributed by atoms with Gasteiger partial charge in [0.25, 0.3) is 0 Å². The number of allylic oxidation sites excluding steroid dienone is 1. The van der Waals surface area contributed by atoms with Crippen molar-refractivity contribution < 1.29 is 24.5 Å². The van der Waals surface area contributed by atoms with Crippen LogP contribution in [0.15, 0.2) is 12.2 Å². The minimum Gasteiger partial charge on any atom is -0.466 e. The summed E-state index contributed by atoms with van der Waals surface area (Å²) in [5, 5.41) is 23.2. The van der Waals surface area contributed by atoms with Gasteiger partial charge in [-0.1, -0.05) is 379 Å². The molecule has 0 aliphatic heterocycles. The zero-order valence-corrected chi connectivity index (χ0v) is 53.2. The second-order valence-corrected chi connectivity index (χ2v) is 24.9. The van der Waals surface area contributed by atoms with Gasteiger partial charge in [0.15, 0.2) is 0 Å². The molecule has 0 heterocycles. The van der Waals surface area contributed by atoms with E-state index in [1.807, 2.05) is 6.08 Å².